The van der Waals surface area contributed by atoms with Crippen molar-refractivity contribution in [2.24, 2.45) is 0 Å². The Morgan fingerprint density at radius 3 is 2.80 bits per heavy atom. The van der Waals surface area contributed by atoms with Crippen LogP contribution in [0, 0.1) is 0 Å². The number of rotatable bonds is 4. The summed E-state index contributed by atoms with van der Waals surface area (Å²) >= 11 is 3.46. The van der Waals surface area contributed by atoms with Crippen LogP contribution in [0.1, 0.15) is 18.4 Å². The Morgan fingerprint density at radius 1 is 1.47 bits per heavy atom. The van der Waals surface area contributed by atoms with Crippen LogP contribution in [-0.4, -0.2) is 13.2 Å². The molecule has 1 aliphatic carbocycles. The second-order valence-corrected chi connectivity index (χ2v) is 4.53. The second kappa shape index (κ2) is 5.73. The number of benzene rings is 1. The van der Waals surface area contributed by atoms with Crippen LogP contribution in [0.3, 0.4) is 0 Å². The van der Waals surface area contributed by atoms with Crippen molar-refractivity contribution >= 4 is 28.3 Å². The van der Waals surface area contributed by atoms with Gasteiger partial charge in [-0.2, -0.15) is 0 Å². The maximum absolute atomic E-state index is 5.29. The number of hydrogen-bond acceptors (Lipinski definition) is 2. The molecule has 15 heavy (non-hydrogen) atoms. The van der Waals surface area contributed by atoms with Crippen LogP contribution in [0.2, 0.25) is 0 Å². The lowest BCUT2D eigenvalue weighted by molar-refractivity contribution is 0.407. The first-order chi connectivity index (χ1) is 6.79. The maximum atomic E-state index is 5.29. The van der Waals surface area contributed by atoms with Crippen molar-refractivity contribution in [2.75, 3.05) is 7.11 Å². The van der Waals surface area contributed by atoms with Crippen LogP contribution in [0.25, 0.3) is 0 Å². The zero-order valence-corrected chi connectivity index (χ0v) is 11.0. The number of methoxy groups -OCH3 is 1. The summed E-state index contributed by atoms with van der Waals surface area (Å²) in [5.74, 6) is 0.960. The molecule has 1 saturated carbocycles. The quantitative estimate of drug-likeness (QED) is 0.920. The van der Waals surface area contributed by atoms with Gasteiger partial charge in [0.2, 0.25) is 0 Å². The zero-order chi connectivity index (χ0) is 9.97. The third kappa shape index (κ3) is 3.67. The number of halogens is 2. The first kappa shape index (κ1) is 12.8. The average molecular weight is 293 g/mol. The second-order valence-electron chi connectivity index (χ2n) is 3.61. The van der Waals surface area contributed by atoms with E-state index in [2.05, 4.69) is 27.3 Å². The van der Waals surface area contributed by atoms with E-state index in [1.165, 1.54) is 18.4 Å². The molecule has 1 aliphatic rings. The molecule has 0 aliphatic heterocycles. The van der Waals surface area contributed by atoms with Crippen molar-refractivity contribution in [3.63, 3.8) is 0 Å². The molecule has 0 heterocycles. The summed E-state index contributed by atoms with van der Waals surface area (Å²) in [6.07, 6.45) is 2.63. The SMILES string of the molecule is COc1ccc(Br)cc1CNC1CC1.Cl. The average Bonchev–Trinajstić information content (AvgIpc) is 2.98. The molecule has 0 bridgehead atoms. The number of ether oxygens (including phenoxy) is 1. The third-order valence-corrected chi connectivity index (χ3v) is 2.89. The summed E-state index contributed by atoms with van der Waals surface area (Å²) in [6, 6.07) is 6.83. The van der Waals surface area contributed by atoms with Crippen LogP contribution in [0.15, 0.2) is 22.7 Å². The topological polar surface area (TPSA) is 21.3 Å². The van der Waals surface area contributed by atoms with Gasteiger partial charge in [0.25, 0.3) is 0 Å². The van der Waals surface area contributed by atoms with Gasteiger partial charge in [-0.3, -0.25) is 0 Å². The summed E-state index contributed by atoms with van der Waals surface area (Å²) in [4.78, 5) is 0. The van der Waals surface area contributed by atoms with Crippen LogP contribution >= 0.6 is 28.3 Å². The van der Waals surface area contributed by atoms with Crippen LogP contribution in [0.4, 0.5) is 0 Å². The van der Waals surface area contributed by atoms with Gasteiger partial charge in [-0.15, -0.1) is 12.4 Å². The lowest BCUT2D eigenvalue weighted by atomic mass is 10.2. The summed E-state index contributed by atoms with van der Waals surface area (Å²) < 4.78 is 6.39. The van der Waals surface area contributed by atoms with E-state index in [1.807, 2.05) is 12.1 Å². The molecule has 0 amide bonds. The van der Waals surface area contributed by atoms with Gasteiger partial charge in [-0.05, 0) is 31.0 Å². The third-order valence-electron chi connectivity index (χ3n) is 2.40. The van der Waals surface area contributed by atoms with Gasteiger partial charge >= 0.3 is 0 Å². The molecule has 0 spiro atoms. The first-order valence-corrected chi connectivity index (χ1v) is 5.64. The minimum Gasteiger partial charge on any atom is -0.496 e. The van der Waals surface area contributed by atoms with E-state index in [1.54, 1.807) is 7.11 Å². The highest BCUT2D eigenvalue weighted by atomic mass is 79.9. The Bertz CT molecular complexity index is 328. The molecule has 2 nitrogen and oxygen atoms in total. The summed E-state index contributed by atoms with van der Waals surface area (Å²) in [5.41, 5.74) is 1.22. The van der Waals surface area contributed by atoms with Gasteiger partial charge in [0.15, 0.2) is 0 Å². The smallest absolute Gasteiger partial charge is 0.123 e. The van der Waals surface area contributed by atoms with Crippen molar-refractivity contribution in [3.8, 4) is 5.75 Å². The van der Waals surface area contributed by atoms with Crippen LogP contribution < -0.4 is 10.1 Å². The Labute approximate surface area is 105 Å². The van der Waals surface area contributed by atoms with Crippen LogP contribution in [-0.2, 0) is 6.54 Å². The predicted molar refractivity (Wildman–Crippen MR) is 67.8 cm³/mol. The monoisotopic (exact) mass is 291 g/mol. The Morgan fingerprint density at radius 2 is 2.20 bits per heavy atom. The molecule has 0 atom stereocenters. The largest absolute Gasteiger partial charge is 0.496 e. The molecule has 1 aromatic carbocycles. The van der Waals surface area contributed by atoms with Crippen molar-refractivity contribution in [3.05, 3.63) is 28.2 Å². The fourth-order valence-corrected chi connectivity index (χ4v) is 1.84. The molecule has 4 heteroatoms. The lowest BCUT2D eigenvalue weighted by Crippen LogP contribution is -2.15. The highest BCUT2D eigenvalue weighted by molar-refractivity contribution is 9.10. The minimum atomic E-state index is 0. The molecule has 1 fully saturated rings. The Balaban J connectivity index is 0.00000112. The van der Waals surface area contributed by atoms with Gasteiger partial charge in [0, 0.05) is 22.6 Å². The predicted octanol–water partition coefficient (Wildman–Crippen LogP) is 3.13. The van der Waals surface area contributed by atoms with E-state index in [0.717, 1.165) is 22.8 Å². The molecule has 84 valence electrons. The normalized spacial score (nSPS) is 14.5. The van der Waals surface area contributed by atoms with E-state index < -0.39 is 0 Å². The van der Waals surface area contributed by atoms with Crippen LogP contribution in [0.5, 0.6) is 5.75 Å². The van der Waals surface area contributed by atoms with Gasteiger partial charge < -0.3 is 10.1 Å². The highest BCUT2D eigenvalue weighted by Crippen LogP contribution is 2.25. The van der Waals surface area contributed by atoms with Crippen molar-refractivity contribution < 1.29 is 4.74 Å². The zero-order valence-electron chi connectivity index (χ0n) is 8.63. The van der Waals surface area contributed by atoms with E-state index in [0.29, 0.717) is 0 Å². The first-order valence-electron chi connectivity index (χ1n) is 4.85. The van der Waals surface area contributed by atoms with E-state index in [4.69, 9.17) is 4.74 Å². The summed E-state index contributed by atoms with van der Waals surface area (Å²) in [5, 5.41) is 3.47. The molecule has 1 N–H and O–H groups in total. The van der Waals surface area contributed by atoms with Crippen molar-refractivity contribution in [1.82, 2.24) is 5.32 Å². The molecule has 0 aromatic heterocycles. The van der Waals surface area contributed by atoms with E-state index in [-0.39, 0.29) is 12.4 Å². The van der Waals surface area contributed by atoms with E-state index >= 15 is 0 Å². The van der Waals surface area contributed by atoms with Gasteiger partial charge in [-0.1, -0.05) is 15.9 Å². The molecule has 2 rings (SSSR count). The Kier molecular flexibility index (Phi) is 4.90. The van der Waals surface area contributed by atoms with Gasteiger partial charge in [-0.25, -0.2) is 0 Å². The lowest BCUT2D eigenvalue weighted by Gasteiger charge is -2.09. The molecule has 1 aromatic rings. The minimum absolute atomic E-state index is 0. The fourth-order valence-electron chi connectivity index (χ4n) is 1.43. The fraction of sp³-hybridized carbons (Fsp3) is 0.455. The maximum Gasteiger partial charge on any atom is 0.123 e. The van der Waals surface area contributed by atoms with Crippen molar-refractivity contribution in [2.45, 2.75) is 25.4 Å². The van der Waals surface area contributed by atoms with E-state index in [9.17, 15) is 0 Å². The summed E-state index contributed by atoms with van der Waals surface area (Å²) in [6.45, 7) is 0.896. The highest BCUT2D eigenvalue weighted by Gasteiger charge is 2.20. The molecule has 0 unspecified atom stereocenters. The molecule has 0 radical (unpaired) electrons. The molecular weight excluding hydrogens is 277 g/mol. The number of nitrogens with one attached hydrogen (secondary N) is 1. The standard InChI is InChI=1S/C11H14BrNO.ClH/c1-14-11-5-2-9(12)6-8(11)7-13-10-3-4-10;/h2,5-6,10,13H,3-4,7H2,1H3;1H. The molecular formula is C11H15BrClNO. The Hall–Kier alpha value is -0.250. The van der Waals surface area contributed by atoms with Gasteiger partial charge in [0.05, 0.1) is 7.11 Å². The summed E-state index contributed by atoms with van der Waals surface area (Å²) in [7, 11) is 1.71. The molecule has 0 saturated heterocycles. The van der Waals surface area contributed by atoms with Gasteiger partial charge in [0.1, 0.15) is 5.75 Å². The number of hydrogen-bond donors (Lipinski definition) is 1. The van der Waals surface area contributed by atoms with Crippen molar-refractivity contribution in [1.29, 1.82) is 0 Å².